The lowest BCUT2D eigenvalue weighted by atomic mass is 10.1. The normalized spacial score (nSPS) is 10.6. The molecule has 0 N–H and O–H groups in total. The van der Waals surface area contributed by atoms with Crippen molar-refractivity contribution < 1.29 is 23.6 Å². The molecule has 190 valence electrons. The molecular formula is C31H33N2O4+. The fourth-order valence-corrected chi connectivity index (χ4v) is 3.84. The number of ether oxygens (including phenoxy) is 3. The molecule has 0 saturated carbocycles. The maximum atomic E-state index is 12.6. The fourth-order valence-electron chi connectivity index (χ4n) is 3.84. The number of nitrogens with zero attached hydrogens (tertiary/aromatic N) is 2. The molecule has 1 aromatic heterocycles. The van der Waals surface area contributed by atoms with Gasteiger partial charge in [-0.2, -0.15) is 0 Å². The highest BCUT2D eigenvalue weighted by molar-refractivity contribution is 5.91. The van der Waals surface area contributed by atoms with Gasteiger partial charge in [-0.1, -0.05) is 24.3 Å². The van der Waals surface area contributed by atoms with Crippen molar-refractivity contribution in [3.63, 3.8) is 0 Å². The van der Waals surface area contributed by atoms with Crippen LogP contribution in [-0.2, 0) is 6.54 Å². The van der Waals surface area contributed by atoms with E-state index < -0.39 is 5.97 Å². The maximum Gasteiger partial charge on any atom is 0.343 e. The van der Waals surface area contributed by atoms with Crippen LogP contribution in [0.1, 0.15) is 23.2 Å². The molecule has 37 heavy (non-hydrogen) atoms. The van der Waals surface area contributed by atoms with Gasteiger partial charge in [-0.3, -0.25) is 0 Å². The Labute approximate surface area is 218 Å². The number of pyridine rings is 1. The van der Waals surface area contributed by atoms with Gasteiger partial charge in [0, 0.05) is 38.3 Å². The summed E-state index contributed by atoms with van der Waals surface area (Å²) < 4.78 is 18.8. The molecule has 0 spiro atoms. The summed E-state index contributed by atoms with van der Waals surface area (Å²) in [6.45, 7) is 1.57. The molecule has 0 aliphatic heterocycles. The summed E-state index contributed by atoms with van der Waals surface area (Å²) in [6, 6.07) is 26.6. The summed E-state index contributed by atoms with van der Waals surface area (Å²) >= 11 is 0. The van der Waals surface area contributed by atoms with Crippen molar-refractivity contribution in [1.29, 1.82) is 0 Å². The summed E-state index contributed by atoms with van der Waals surface area (Å²) in [7, 11) is 5.72. The number of unbranched alkanes of at least 4 members (excludes halogenated alkanes) is 1. The summed E-state index contributed by atoms with van der Waals surface area (Å²) in [5.41, 5.74) is 3.76. The molecule has 4 rings (SSSR count). The zero-order chi connectivity index (χ0) is 26.0. The molecule has 0 aliphatic carbocycles. The van der Waals surface area contributed by atoms with Gasteiger partial charge in [-0.05, 0) is 66.1 Å². The number of rotatable bonds is 11. The van der Waals surface area contributed by atoms with Gasteiger partial charge in [0.25, 0.3) is 0 Å². The second-order valence-electron chi connectivity index (χ2n) is 8.91. The van der Waals surface area contributed by atoms with Crippen LogP contribution >= 0.6 is 0 Å². The van der Waals surface area contributed by atoms with Crippen LogP contribution in [0.3, 0.4) is 0 Å². The monoisotopic (exact) mass is 497 g/mol. The van der Waals surface area contributed by atoms with Gasteiger partial charge in [0.1, 0.15) is 23.8 Å². The Morgan fingerprint density at radius 2 is 1.30 bits per heavy atom. The standard InChI is InChI=1S/C31H33N2O4/c1-32(2)27-18-21-33(22-19-27)20-4-5-23-36-29-14-10-26(11-15-29)31(34)37-30-16-8-25(9-17-30)24-6-12-28(35-3)13-7-24/h6-19,21-22H,4-5,20,23H2,1-3H3/q+1. The van der Waals surface area contributed by atoms with Crippen LogP contribution in [0.5, 0.6) is 17.2 Å². The number of benzene rings is 3. The van der Waals surface area contributed by atoms with Crippen LogP contribution in [0, 0.1) is 0 Å². The maximum absolute atomic E-state index is 12.6. The molecule has 0 radical (unpaired) electrons. The lowest BCUT2D eigenvalue weighted by Crippen LogP contribution is -2.33. The smallest absolute Gasteiger partial charge is 0.343 e. The summed E-state index contributed by atoms with van der Waals surface area (Å²) in [5, 5.41) is 0. The lowest BCUT2D eigenvalue weighted by Gasteiger charge is -2.10. The van der Waals surface area contributed by atoms with E-state index in [9.17, 15) is 4.79 Å². The van der Waals surface area contributed by atoms with Gasteiger partial charge in [0.15, 0.2) is 12.4 Å². The van der Waals surface area contributed by atoms with Crippen molar-refractivity contribution >= 4 is 11.7 Å². The third-order valence-electron chi connectivity index (χ3n) is 6.05. The largest absolute Gasteiger partial charge is 0.497 e. The third kappa shape index (κ3) is 7.34. The minimum atomic E-state index is -0.402. The number of esters is 1. The van der Waals surface area contributed by atoms with E-state index in [1.54, 1.807) is 43.5 Å². The minimum Gasteiger partial charge on any atom is -0.497 e. The molecule has 3 aromatic carbocycles. The van der Waals surface area contributed by atoms with E-state index in [0.717, 1.165) is 42.0 Å². The van der Waals surface area contributed by atoms with Gasteiger partial charge in [-0.25, -0.2) is 9.36 Å². The van der Waals surface area contributed by atoms with Crippen molar-refractivity contribution in [2.24, 2.45) is 0 Å². The zero-order valence-corrected chi connectivity index (χ0v) is 21.6. The number of methoxy groups -OCH3 is 1. The van der Waals surface area contributed by atoms with Crippen molar-refractivity contribution in [2.45, 2.75) is 19.4 Å². The van der Waals surface area contributed by atoms with E-state index in [2.05, 4.69) is 34.0 Å². The van der Waals surface area contributed by atoms with Crippen molar-refractivity contribution in [3.8, 4) is 28.4 Å². The van der Waals surface area contributed by atoms with Crippen LogP contribution in [0.4, 0.5) is 5.69 Å². The molecule has 0 bridgehead atoms. The number of carbonyl (C=O) groups is 1. The molecule has 4 aromatic rings. The van der Waals surface area contributed by atoms with E-state index in [1.807, 2.05) is 50.5 Å². The quantitative estimate of drug-likeness (QED) is 0.114. The second-order valence-corrected chi connectivity index (χ2v) is 8.91. The molecule has 0 aliphatic rings. The second kappa shape index (κ2) is 12.6. The van der Waals surface area contributed by atoms with E-state index in [1.165, 1.54) is 5.69 Å². The molecule has 6 nitrogen and oxygen atoms in total. The first-order chi connectivity index (χ1) is 18.0. The Bertz CT molecular complexity index is 1270. The van der Waals surface area contributed by atoms with Gasteiger partial charge in [-0.15, -0.1) is 0 Å². The average molecular weight is 498 g/mol. The van der Waals surface area contributed by atoms with Gasteiger partial charge >= 0.3 is 5.97 Å². The van der Waals surface area contributed by atoms with Gasteiger partial charge in [0.2, 0.25) is 0 Å². The topological polar surface area (TPSA) is 51.9 Å². The molecule has 0 amide bonds. The Kier molecular flexibility index (Phi) is 8.76. The summed E-state index contributed by atoms with van der Waals surface area (Å²) in [4.78, 5) is 14.6. The number of hydrogen-bond acceptors (Lipinski definition) is 5. The summed E-state index contributed by atoms with van der Waals surface area (Å²) in [5.74, 6) is 1.65. The highest BCUT2D eigenvalue weighted by Gasteiger charge is 2.10. The van der Waals surface area contributed by atoms with E-state index in [0.29, 0.717) is 17.9 Å². The molecule has 0 fully saturated rings. The number of aromatic nitrogens is 1. The highest BCUT2D eigenvalue weighted by Crippen LogP contribution is 2.25. The molecule has 1 heterocycles. The van der Waals surface area contributed by atoms with E-state index in [4.69, 9.17) is 14.2 Å². The van der Waals surface area contributed by atoms with Crippen molar-refractivity contribution in [1.82, 2.24) is 0 Å². The fraction of sp³-hybridized carbons (Fsp3) is 0.226. The Morgan fingerprint density at radius 3 is 1.86 bits per heavy atom. The zero-order valence-electron chi connectivity index (χ0n) is 21.6. The lowest BCUT2D eigenvalue weighted by molar-refractivity contribution is -0.697. The van der Waals surface area contributed by atoms with Gasteiger partial charge in [0.05, 0.1) is 19.3 Å². The van der Waals surface area contributed by atoms with Crippen LogP contribution in [0.25, 0.3) is 11.1 Å². The molecule has 6 heteroatoms. The predicted molar refractivity (Wildman–Crippen MR) is 146 cm³/mol. The predicted octanol–water partition coefficient (Wildman–Crippen LogP) is 5.79. The molecular weight excluding hydrogens is 464 g/mol. The Hall–Kier alpha value is -4.32. The van der Waals surface area contributed by atoms with Crippen LogP contribution < -0.4 is 23.7 Å². The van der Waals surface area contributed by atoms with Crippen molar-refractivity contribution in [2.75, 3.05) is 32.7 Å². The first-order valence-electron chi connectivity index (χ1n) is 12.4. The summed E-state index contributed by atoms with van der Waals surface area (Å²) in [6.07, 6.45) is 6.17. The van der Waals surface area contributed by atoms with E-state index in [-0.39, 0.29) is 0 Å². The highest BCUT2D eigenvalue weighted by atomic mass is 16.5. The number of carbonyl (C=O) groups excluding carboxylic acids is 1. The van der Waals surface area contributed by atoms with Crippen molar-refractivity contribution in [3.05, 3.63) is 103 Å². The molecule has 0 unspecified atom stereocenters. The first-order valence-corrected chi connectivity index (χ1v) is 12.4. The number of anilines is 1. The Balaban J connectivity index is 1.20. The third-order valence-corrected chi connectivity index (χ3v) is 6.05. The van der Waals surface area contributed by atoms with E-state index >= 15 is 0 Å². The first kappa shape index (κ1) is 25.8. The molecule has 0 atom stereocenters. The van der Waals surface area contributed by atoms with Crippen LogP contribution in [0.15, 0.2) is 97.3 Å². The Morgan fingerprint density at radius 1 is 0.730 bits per heavy atom. The van der Waals surface area contributed by atoms with Gasteiger partial charge < -0.3 is 19.1 Å². The SMILES string of the molecule is COc1ccc(-c2ccc(OC(=O)c3ccc(OCCCC[n+]4ccc(N(C)C)cc4)cc3)cc2)cc1. The number of hydrogen-bond donors (Lipinski definition) is 0. The van der Waals surface area contributed by atoms with Crippen LogP contribution in [0.2, 0.25) is 0 Å². The molecule has 0 saturated heterocycles. The van der Waals surface area contributed by atoms with Crippen LogP contribution in [-0.4, -0.2) is 33.8 Å². The number of aryl methyl sites for hydroxylation is 1. The minimum absolute atomic E-state index is 0.402. The average Bonchev–Trinajstić information content (AvgIpc) is 2.94.